The number of carbonyl (C=O) groups is 1. The van der Waals surface area contributed by atoms with Crippen molar-refractivity contribution in [2.75, 3.05) is 33.2 Å². The van der Waals surface area contributed by atoms with Crippen molar-refractivity contribution in [3.05, 3.63) is 65.3 Å². The zero-order chi connectivity index (χ0) is 27.3. The highest BCUT2D eigenvalue weighted by Crippen LogP contribution is 2.50. The molecule has 202 valence electrons. The Morgan fingerprint density at radius 2 is 1.84 bits per heavy atom. The fraction of sp³-hybridized carbons (Fsp3) is 0.517. The lowest BCUT2D eigenvalue weighted by Crippen LogP contribution is -2.63. The average Bonchev–Trinajstić information content (AvgIpc) is 3.39. The summed E-state index contributed by atoms with van der Waals surface area (Å²) in [6, 6.07) is 10.0. The van der Waals surface area contributed by atoms with Gasteiger partial charge in [0.2, 0.25) is 11.7 Å². The van der Waals surface area contributed by atoms with E-state index in [9.17, 15) is 15.0 Å². The molecule has 0 radical (unpaired) electrons. The zero-order valence-electron chi connectivity index (χ0n) is 22.8. The smallest absolute Gasteiger partial charge is 0.260 e. The van der Waals surface area contributed by atoms with Crippen molar-refractivity contribution in [2.24, 2.45) is 5.41 Å². The summed E-state index contributed by atoms with van der Waals surface area (Å²) in [5, 5.41) is 27.8. The largest absolute Gasteiger partial charge is 0.380 e. The summed E-state index contributed by atoms with van der Waals surface area (Å²) < 4.78 is 5.50. The number of piperidine rings is 1. The molecule has 1 amide bonds. The highest BCUT2D eigenvalue weighted by atomic mass is 16.5. The van der Waals surface area contributed by atoms with Gasteiger partial charge in [-0.25, -0.2) is 0 Å². The minimum atomic E-state index is -1.40. The molecule has 9 heteroatoms. The predicted octanol–water partition coefficient (Wildman–Crippen LogP) is 3.27. The van der Waals surface area contributed by atoms with E-state index in [1.165, 1.54) is 12.5 Å². The summed E-state index contributed by atoms with van der Waals surface area (Å²) in [5.41, 5.74) is 0.115. The van der Waals surface area contributed by atoms with Crippen LogP contribution in [-0.4, -0.2) is 74.3 Å². The standard InChI is InChI=1S/C29H37N5O4/c1-19(2)21-7-9-23(10-8-21)29(37,27(4)16-33(5)17-27)24-13-22(14-30-15-24)25-31-26(38-32-25)28(36)11-6-12-34(18-28)20(3)35/h7-10,13-15,19,36-37H,6,11-12,16-18H2,1-5H3/t28?,29-/m0/s1. The summed E-state index contributed by atoms with van der Waals surface area (Å²) >= 11 is 0. The molecule has 2 aromatic heterocycles. The van der Waals surface area contributed by atoms with E-state index in [2.05, 4.69) is 52.9 Å². The topological polar surface area (TPSA) is 116 Å². The number of carbonyl (C=O) groups excluding carboxylic acids is 1. The van der Waals surface area contributed by atoms with Gasteiger partial charge in [0.15, 0.2) is 5.60 Å². The number of aromatic nitrogens is 3. The van der Waals surface area contributed by atoms with E-state index in [-0.39, 0.29) is 24.2 Å². The van der Waals surface area contributed by atoms with Gasteiger partial charge in [-0.15, -0.1) is 0 Å². The van der Waals surface area contributed by atoms with Gasteiger partial charge < -0.3 is 24.5 Å². The van der Waals surface area contributed by atoms with Crippen LogP contribution >= 0.6 is 0 Å². The Kier molecular flexibility index (Phi) is 6.65. The second-order valence-electron chi connectivity index (χ2n) is 11.7. The first-order valence-electron chi connectivity index (χ1n) is 13.2. The molecule has 2 saturated heterocycles. The van der Waals surface area contributed by atoms with Crippen LogP contribution in [0, 0.1) is 5.41 Å². The first kappa shape index (κ1) is 26.5. The normalized spacial score (nSPS) is 23.2. The van der Waals surface area contributed by atoms with E-state index in [1.807, 2.05) is 25.2 Å². The third-order valence-electron chi connectivity index (χ3n) is 8.26. The van der Waals surface area contributed by atoms with Gasteiger partial charge in [0.25, 0.3) is 5.89 Å². The Balaban J connectivity index is 1.51. The Morgan fingerprint density at radius 1 is 1.13 bits per heavy atom. The van der Waals surface area contributed by atoms with Gasteiger partial charge in [0.05, 0.1) is 6.54 Å². The molecule has 0 spiro atoms. The molecular formula is C29H37N5O4. The van der Waals surface area contributed by atoms with Crippen molar-refractivity contribution in [1.82, 2.24) is 24.9 Å². The predicted molar refractivity (Wildman–Crippen MR) is 142 cm³/mol. The molecule has 4 heterocycles. The van der Waals surface area contributed by atoms with Crippen LogP contribution in [0.25, 0.3) is 11.4 Å². The fourth-order valence-corrected chi connectivity index (χ4v) is 6.12. The van der Waals surface area contributed by atoms with Crippen molar-refractivity contribution >= 4 is 5.91 Å². The summed E-state index contributed by atoms with van der Waals surface area (Å²) in [7, 11) is 2.04. The Hall–Kier alpha value is -3.14. The Morgan fingerprint density at radius 3 is 2.47 bits per heavy atom. The first-order valence-corrected chi connectivity index (χ1v) is 13.2. The molecule has 3 aromatic rings. The molecule has 2 aliphatic rings. The molecule has 9 nitrogen and oxygen atoms in total. The van der Waals surface area contributed by atoms with Gasteiger partial charge in [-0.2, -0.15) is 4.98 Å². The van der Waals surface area contributed by atoms with E-state index in [0.29, 0.717) is 36.4 Å². The second kappa shape index (κ2) is 9.55. The number of hydrogen-bond donors (Lipinski definition) is 2. The molecule has 2 aliphatic heterocycles. The molecule has 0 aliphatic carbocycles. The second-order valence-corrected chi connectivity index (χ2v) is 11.7. The first-order chi connectivity index (χ1) is 17.9. The molecule has 5 rings (SSSR count). The van der Waals surface area contributed by atoms with E-state index >= 15 is 0 Å². The van der Waals surface area contributed by atoms with Crippen molar-refractivity contribution in [1.29, 1.82) is 0 Å². The van der Waals surface area contributed by atoms with Gasteiger partial charge >= 0.3 is 0 Å². The van der Waals surface area contributed by atoms with Crippen LogP contribution in [0.5, 0.6) is 0 Å². The number of aliphatic hydroxyl groups is 2. The number of likely N-dealkylation sites (tertiary alicyclic amines) is 2. The SMILES string of the molecule is CC(=O)N1CCCC(O)(c2nc(-c3cncc([C@@](O)(c4ccc(C(C)C)cc4)C4(C)CN(C)C4)c3)no2)C1. The third kappa shape index (κ3) is 4.42. The van der Waals surface area contributed by atoms with Crippen LogP contribution in [-0.2, 0) is 16.0 Å². The molecule has 2 N–H and O–H groups in total. The molecule has 1 aromatic carbocycles. The maximum absolute atomic E-state index is 12.5. The van der Waals surface area contributed by atoms with E-state index in [0.717, 1.165) is 18.7 Å². The monoisotopic (exact) mass is 519 g/mol. The number of hydrogen-bond acceptors (Lipinski definition) is 8. The van der Waals surface area contributed by atoms with Crippen LogP contribution in [0.15, 0.2) is 47.2 Å². The Labute approximate surface area is 223 Å². The molecule has 38 heavy (non-hydrogen) atoms. The quantitative estimate of drug-likeness (QED) is 0.510. The summed E-state index contributed by atoms with van der Waals surface area (Å²) in [6.45, 7) is 10.0. The minimum Gasteiger partial charge on any atom is -0.380 e. The fourth-order valence-electron chi connectivity index (χ4n) is 6.12. The van der Waals surface area contributed by atoms with Gasteiger partial charge in [-0.3, -0.25) is 9.78 Å². The summed E-state index contributed by atoms with van der Waals surface area (Å²) in [4.78, 5) is 24.6. The van der Waals surface area contributed by atoms with Crippen molar-refractivity contribution in [3.63, 3.8) is 0 Å². The lowest BCUT2D eigenvalue weighted by Gasteiger charge is -2.55. The summed E-state index contributed by atoms with van der Waals surface area (Å²) in [5.74, 6) is 0.643. The zero-order valence-corrected chi connectivity index (χ0v) is 22.8. The molecule has 0 bridgehead atoms. The highest BCUT2D eigenvalue weighted by Gasteiger charge is 2.55. The number of pyridine rings is 1. The van der Waals surface area contributed by atoms with Crippen LogP contribution < -0.4 is 0 Å². The average molecular weight is 520 g/mol. The van der Waals surface area contributed by atoms with Crippen molar-refractivity contribution in [2.45, 2.75) is 57.7 Å². The van der Waals surface area contributed by atoms with E-state index in [1.54, 1.807) is 17.3 Å². The molecule has 0 saturated carbocycles. The minimum absolute atomic E-state index is 0.0796. The molecular weight excluding hydrogens is 482 g/mol. The van der Waals surface area contributed by atoms with Gasteiger partial charge in [-0.1, -0.05) is 50.2 Å². The Bertz CT molecular complexity index is 1320. The molecule has 1 unspecified atom stereocenters. The van der Waals surface area contributed by atoms with E-state index < -0.39 is 16.6 Å². The molecule has 2 fully saturated rings. The number of rotatable bonds is 6. The number of nitrogens with zero attached hydrogens (tertiary/aromatic N) is 5. The molecule has 2 atom stereocenters. The number of amides is 1. The maximum atomic E-state index is 12.5. The lowest BCUT2D eigenvalue weighted by molar-refractivity contribution is -0.138. The van der Waals surface area contributed by atoms with Gasteiger partial charge in [0, 0.05) is 55.5 Å². The highest BCUT2D eigenvalue weighted by molar-refractivity contribution is 5.73. The van der Waals surface area contributed by atoms with Crippen molar-refractivity contribution < 1.29 is 19.5 Å². The number of β-amino-alcohol motifs (C(OH)–C–C–N with tert-alkyl or cyclic N) is 1. The van der Waals surface area contributed by atoms with Gasteiger partial charge in [-0.05, 0) is 43.0 Å². The van der Waals surface area contributed by atoms with Gasteiger partial charge in [0.1, 0.15) is 5.60 Å². The number of benzene rings is 1. The maximum Gasteiger partial charge on any atom is 0.260 e. The van der Waals surface area contributed by atoms with Crippen LogP contribution in [0.2, 0.25) is 0 Å². The van der Waals surface area contributed by atoms with Crippen LogP contribution in [0.4, 0.5) is 0 Å². The van der Waals surface area contributed by atoms with Crippen LogP contribution in [0.3, 0.4) is 0 Å². The van der Waals surface area contributed by atoms with Crippen LogP contribution in [0.1, 0.15) is 69.0 Å². The third-order valence-corrected chi connectivity index (χ3v) is 8.26. The van der Waals surface area contributed by atoms with Crippen molar-refractivity contribution in [3.8, 4) is 11.4 Å². The lowest BCUT2D eigenvalue weighted by atomic mass is 9.62. The summed E-state index contributed by atoms with van der Waals surface area (Å²) in [6.07, 6.45) is 4.39. The van der Waals surface area contributed by atoms with E-state index in [4.69, 9.17) is 4.52 Å².